The Bertz CT molecular complexity index is 594. The predicted octanol–water partition coefficient (Wildman–Crippen LogP) is 2.99. The van der Waals surface area contributed by atoms with Crippen molar-refractivity contribution < 1.29 is 9.53 Å². The fraction of sp³-hybridized carbons (Fsp3) is 0.235. The summed E-state index contributed by atoms with van der Waals surface area (Å²) in [6, 6.07) is 15.0. The van der Waals surface area contributed by atoms with Gasteiger partial charge in [-0.25, -0.2) is 0 Å². The van der Waals surface area contributed by atoms with Crippen LogP contribution < -0.4 is 11.1 Å². The number of carbonyl (C=O) groups is 1. The van der Waals surface area contributed by atoms with E-state index >= 15 is 0 Å². The molecule has 0 saturated carbocycles. The number of ether oxygens (including phenoxy) is 1. The average molecular weight is 284 g/mol. The van der Waals surface area contributed by atoms with E-state index in [1.807, 2.05) is 43.3 Å². The molecule has 3 N–H and O–H groups in total. The molecule has 0 spiro atoms. The molecule has 110 valence electrons. The van der Waals surface area contributed by atoms with Crippen LogP contribution in [0.3, 0.4) is 0 Å². The quantitative estimate of drug-likeness (QED) is 0.801. The number of rotatable bonds is 6. The van der Waals surface area contributed by atoms with Gasteiger partial charge in [0.15, 0.2) is 0 Å². The minimum absolute atomic E-state index is 0.0521. The van der Waals surface area contributed by atoms with Crippen molar-refractivity contribution >= 4 is 17.3 Å². The molecule has 0 bridgehead atoms. The third-order valence-electron chi connectivity index (χ3n) is 3.10. The standard InChI is InChI=1S/C17H20N2O2/c1-2-21-12-14-5-3-4-6-16(14)19-17(20)11-13-7-9-15(18)10-8-13/h3-10H,2,11-12,18H2,1H3,(H,19,20). The summed E-state index contributed by atoms with van der Waals surface area (Å²) in [6.07, 6.45) is 0.323. The Morgan fingerprint density at radius 1 is 1.14 bits per heavy atom. The molecule has 2 aromatic rings. The van der Waals surface area contributed by atoms with Crippen molar-refractivity contribution in [3.8, 4) is 0 Å². The predicted molar refractivity (Wildman–Crippen MR) is 85.0 cm³/mol. The van der Waals surface area contributed by atoms with E-state index in [1.165, 1.54) is 0 Å². The first-order valence-electron chi connectivity index (χ1n) is 6.99. The van der Waals surface area contributed by atoms with Crippen molar-refractivity contribution in [3.63, 3.8) is 0 Å². The number of nitrogens with one attached hydrogen (secondary N) is 1. The van der Waals surface area contributed by atoms with Gasteiger partial charge >= 0.3 is 0 Å². The maximum Gasteiger partial charge on any atom is 0.228 e. The fourth-order valence-electron chi connectivity index (χ4n) is 2.00. The molecule has 21 heavy (non-hydrogen) atoms. The molecule has 0 aliphatic rings. The molecule has 0 radical (unpaired) electrons. The van der Waals surface area contributed by atoms with E-state index in [2.05, 4.69) is 5.32 Å². The minimum Gasteiger partial charge on any atom is -0.399 e. The van der Waals surface area contributed by atoms with Crippen LogP contribution >= 0.6 is 0 Å². The van der Waals surface area contributed by atoms with Crippen molar-refractivity contribution in [2.45, 2.75) is 20.0 Å². The minimum atomic E-state index is -0.0521. The summed E-state index contributed by atoms with van der Waals surface area (Å²) in [5, 5.41) is 2.93. The molecule has 0 aromatic heterocycles. The number of para-hydroxylation sites is 1. The van der Waals surface area contributed by atoms with Gasteiger partial charge in [-0.15, -0.1) is 0 Å². The Kier molecular flexibility index (Phi) is 5.35. The topological polar surface area (TPSA) is 64.3 Å². The third-order valence-corrected chi connectivity index (χ3v) is 3.10. The summed E-state index contributed by atoms with van der Waals surface area (Å²) in [5.74, 6) is -0.0521. The number of nitrogen functional groups attached to an aromatic ring is 1. The van der Waals surface area contributed by atoms with E-state index < -0.39 is 0 Å². The summed E-state index contributed by atoms with van der Waals surface area (Å²) < 4.78 is 5.41. The number of amides is 1. The van der Waals surface area contributed by atoms with Crippen molar-refractivity contribution in [1.29, 1.82) is 0 Å². The van der Waals surface area contributed by atoms with Gasteiger partial charge in [0.05, 0.1) is 13.0 Å². The van der Waals surface area contributed by atoms with Crippen molar-refractivity contribution in [2.75, 3.05) is 17.7 Å². The summed E-state index contributed by atoms with van der Waals surface area (Å²) in [5.41, 5.74) is 9.04. The summed E-state index contributed by atoms with van der Waals surface area (Å²) in [4.78, 5) is 12.1. The van der Waals surface area contributed by atoms with Crippen LogP contribution in [0, 0.1) is 0 Å². The van der Waals surface area contributed by atoms with Crippen LogP contribution in [0.25, 0.3) is 0 Å². The second-order valence-electron chi connectivity index (χ2n) is 4.76. The van der Waals surface area contributed by atoms with Gasteiger partial charge in [0.25, 0.3) is 0 Å². The highest BCUT2D eigenvalue weighted by Crippen LogP contribution is 2.16. The van der Waals surface area contributed by atoms with Crippen LogP contribution in [0.15, 0.2) is 48.5 Å². The van der Waals surface area contributed by atoms with Gasteiger partial charge in [-0.3, -0.25) is 4.79 Å². The number of carbonyl (C=O) groups excluding carboxylic acids is 1. The van der Waals surface area contributed by atoms with E-state index in [0.717, 1.165) is 16.8 Å². The molecule has 4 nitrogen and oxygen atoms in total. The zero-order valence-corrected chi connectivity index (χ0v) is 12.1. The number of hydrogen-bond donors (Lipinski definition) is 2. The normalized spacial score (nSPS) is 10.3. The number of nitrogens with two attached hydrogens (primary N) is 1. The van der Waals surface area contributed by atoms with Gasteiger partial charge < -0.3 is 15.8 Å². The van der Waals surface area contributed by atoms with Gasteiger partial charge in [-0.1, -0.05) is 30.3 Å². The first-order valence-corrected chi connectivity index (χ1v) is 6.99. The highest BCUT2D eigenvalue weighted by atomic mass is 16.5. The highest BCUT2D eigenvalue weighted by Gasteiger charge is 2.07. The van der Waals surface area contributed by atoms with Crippen molar-refractivity contribution in [1.82, 2.24) is 0 Å². The Balaban J connectivity index is 2.00. The lowest BCUT2D eigenvalue weighted by Crippen LogP contribution is -2.15. The lowest BCUT2D eigenvalue weighted by atomic mass is 10.1. The monoisotopic (exact) mass is 284 g/mol. The van der Waals surface area contributed by atoms with Gasteiger partial charge in [-0.05, 0) is 30.7 Å². The van der Waals surface area contributed by atoms with Crippen LogP contribution in [-0.4, -0.2) is 12.5 Å². The third kappa shape index (κ3) is 4.61. The molecule has 0 atom stereocenters. The molecule has 0 heterocycles. The molecular weight excluding hydrogens is 264 g/mol. The van der Waals surface area contributed by atoms with E-state index in [0.29, 0.717) is 25.3 Å². The van der Waals surface area contributed by atoms with Crippen LogP contribution in [0.2, 0.25) is 0 Å². The molecule has 0 saturated heterocycles. The Morgan fingerprint density at radius 3 is 2.57 bits per heavy atom. The molecule has 0 aliphatic carbocycles. The van der Waals surface area contributed by atoms with E-state index in [-0.39, 0.29) is 5.91 Å². The average Bonchev–Trinajstić information content (AvgIpc) is 2.49. The Labute approximate surface area is 124 Å². The molecule has 0 aliphatic heterocycles. The second kappa shape index (κ2) is 7.45. The van der Waals surface area contributed by atoms with E-state index in [1.54, 1.807) is 12.1 Å². The maximum absolute atomic E-state index is 12.1. The Morgan fingerprint density at radius 2 is 1.86 bits per heavy atom. The molecule has 4 heteroatoms. The molecular formula is C17H20N2O2. The highest BCUT2D eigenvalue weighted by molar-refractivity contribution is 5.93. The molecule has 1 amide bonds. The summed E-state index contributed by atoms with van der Waals surface area (Å²) in [7, 11) is 0. The molecule has 2 aromatic carbocycles. The van der Waals surface area contributed by atoms with Crippen molar-refractivity contribution in [2.24, 2.45) is 0 Å². The lowest BCUT2D eigenvalue weighted by molar-refractivity contribution is -0.115. The van der Waals surface area contributed by atoms with E-state index in [4.69, 9.17) is 10.5 Å². The van der Waals surface area contributed by atoms with Crippen LogP contribution in [0.4, 0.5) is 11.4 Å². The smallest absolute Gasteiger partial charge is 0.228 e. The summed E-state index contributed by atoms with van der Waals surface area (Å²) in [6.45, 7) is 3.09. The molecule has 0 fully saturated rings. The first kappa shape index (κ1) is 15.1. The van der Waals surface area contributed by atoms with Crippen LogP contribution in [-0.2, 0) is 22.6 Å². The van der Waals surface area contributed by atoms with Gasteiger partial charge in [-0.2, -0.15) is 0 Å². The molecule has 0 unspecified atom stereocenters. The van der Waals surface area contributed by atoms with Crippen molar-refractivity contribution in [3.05, 3.63) is 59.7 Å². The number of benzene rings is 2. The number of anilines is 2. The SMILES string of the molecule is CCOCc1ccccc1NC(=O)Cc1ccc(N)cc1. The molecule has 2 rings (SSSR count). The lowest BCUT2D eigenvalue weighted by Gasteiger charge is -2.11. The largest absolute Gasteiger partial charge is 0.399 e. The van der Waals surface area contributed by atoms with Crippen LogP contribution in [0.5, 0.6) is 0 Å². The first-order chi connectivity index (χ1) is 10.2. The number of hydrogen-bond acceptors (Lipinski definition) is 3. The van der Waals surface area contributed by atoms with Gasteiger partial charge in [0.1, 0.15) is 0 Å². The zero-order chi connectivity index (χ0) is 15.1. The maximum atomic E-state index is 12.1. The van der Waals surface area contributed by atoms with E-state index in [9.17, 15) is 4.79 Å². The van der Waals surface area contributed by atoms with Gasteiger partial charge in [0.2, 0.25) is 5.91 Å². The second-order valence-corrected chi connectivity index (χ2v) is 4.76. The van der Waals surface area contributed by atoms with Crippen LogP contribution in [0.1, 0.15) is 18.1 Å². The summed E-state index contributed by atoms with van der Waals surface area (Å²) >= 11 is 0. The van der Waals surface area contributed by atoms with Gasteiger partial charge in [0, 0.05) is 23.5 Å². The Hall–Kier alpha value is -2.33. The fourth-order valence-corrected chi connectivity index (χ4v) is 2.00. The zero-order valence-electron chi connectivity index (χ0n) is 12.1.